The van der Waals surface area contributed by atoms with E-state index in [0.717, 1.165) is 12.2 Å². The van der Waals surface area contributed by atoms with E-state index in [1.165, 1.54) is 11.6 Å². The first-order valence-electron chi connectivity index (χ1n) is 9.27. The van der Waals surface area contributed by atoms with E-state index >= 15 is 0 Å². The summed E-state index contributed by atoms with van der Waals surface area (Å²) in [5.74, 6) is 0.133. The predicted molar refractivity (Wildman–Crippen MR) is 108 cm³/mol. The first-order chi connectivity index (χ1) is 12.6. The molecule has 0 heterocycles. The standard InChI is InChI=1S/C23H30O4/c1-22(2,3)16-23(4,5)17-10-12-18(13-11-17)26-14-15-27-20-9-7-6-8-19(20)21(24)25/h6-13H,14-16H2,1-5H3,(H,24,25). The van der Waals surface area contributed by atoms with Crippen LogP contribution < -0.4 is 9.47 Å². The van der Waals surface area contributed by atoms with Crippen molar-refractivity contribution in [2.24, 2.45) is 5.41 Å². The molecular weight excluding hydrogens is 340 g/mol. The van der Waals surface area contributed by atoms with E-state index in [9.17, 15) is 4.79 Å². The molecule has 0 atom stereocenters. The molecule has 2 rings (SSSR count). The van der Waals surface area contributed by atoms with Gasteiger partial charge in [0.1, 0.15) is 30.3 Å². The van der Waals surface area contributed by atoms with Gasteiger partial charge < -0.3 is 14.6 Å². The first kappa shape index (κ1) is 20.8. The molecule has 27 heavy (non-hydrogen) atoms. The van der Waals surface area contributed by atoms with Crippen LogP contribution in [0, 0.1) is 5.41 Å². The monoisotopic (exact) mass is 370 g/mol. The van der Waals surface area contributed by atoms with E-state index < -0.39 is 5.97 Å². The molecule has 4 nitrogen and oxygen atoms in total. The number of benzene rings is 2. The van der Waals surface area contributed by atoms with Gasteiger partial charge in [0, 0.05) is 0 Å². The van der Waals surface area contributed by atoms with Gasteiger partial charge in [-0.25, -0.2) is 4.79 Å². The Morgan fingerprint density at radius 3 is 2.07 bits per heavy atom. The number of carboxylic acid groups (broad SMARTS) is 1. The van der Waals surface area contributed by atoms with Crippen molar-refractivity contribution in [1.82, 2.24) is 0 Å². The fourth-order valence-corrected chi connectivity index (χ4v) is 3.51. The molecule has 1 N–H and O–H groups in total. The van der Waals surface area contributed by atoms with Crippen LogP contribution in [-0.4, -0.2) is 24.3 Å². The highest BCUT2D eigenvalue weighted by molar-refractivity contribution is 5.90. The third-order valence-corrected chi connectivity index (χ3v) is 4.34. The van der Waals surface area contributed by atoms with Crippen LogP contribution in [0.4, 0.5) is 0 Å². The molecule has 0 saturated carbocycles. The summed E-state index contributed by atoms with van der Waals surface area (Å²) in [6.07, 6.45) is 1.09. The van der Waals surface area contributed by atoms with Gasteiger partial charge in [0.05, 0.1) is 0 Å². The highest BCUT2D eigenvalue weighted by Crippen LogP contribution is 2.36. The number of carboxylic acids is 1. The molecule has 0 spiro atoms. The molecule has 0 amide bonds. The molecule has 146 valence electrons. The third kappa shape index (κ3) is 6.31. The van der Waals surface area contributed by atoms with Crippen LogP contribution in [0.3, 0.4) is 0 Å². The second kappa shape index (κ2) is 8.47. The number of ether oxygens (including phenoxy) is 2. The van der Waals surface area contributed by atoms with Gasteiger partial charge in [-0.2, -0.15) is 0 Å². The Bertz CT molecular complexity index is 755. The Hall–Kier alpha value is -2.49. The molecule has 2 aromatic rings. The lowest BCUT2D eigenvalue weighted by molar-refractivity contribution is 0.0691. The molecule has 2 aromatic carbocycles. The lowest BCUT2D eigenvalue weighted by atomic mass is 9.72. The van der Waals surface area contributed by atoms with Crippen LogP contribution in [0.2, 0.25) is 0 Å². The minimum Gasteiger partial charge on any atom is -0.490 e. The van der Waals surface area contributed by atoms with Crippen molar-refractivity contribution in [3.8, 4) is 11.5 Å². The van der Waals surface area contributed by atoms with Crippen LogP contribution in [0.1, 0.15) is 57.0 Å². The van der Waals surface area contributed by atoms with E-state index in [1.807, 2.05) is 12.1 Å². The second-order valence-corrected chi connectivity index (χ2v) is 8.64. The fourth-order valence-electron chi connectivity index (χ4n) is 3.51. The van der Waals surface area contributed by atoms with E-state index in [2.05, 4.69) is 46.8 Å². The molecule has 0 bridgehead atoms. The summed E-state index contributed by atoms with van der Waals surface area (Å²) >= 11 is 0. The van der Waals surface area contributed by atoms with E-state index in [-0.39, 0.29) is 23.0 Å². The van der Waals surface area contributed by atoms with Crippen molar-refractivity contribution >= 4 is 5.97 Å². The Balaban J connectivity index is 1.88. The summed E-state index contributed by atoms with van der Waals surface area (Å²) in [6.45, 7) is 11.9. The summed E-state index contributed by atoms with van der Waals surface area (Å²) in [5, 5.41) is 9.15. The molecule has 0 unspecified atom stereocenters. The van der Waals surface area contributed by atoms with Gasteiger partial charge in [-0.3, -0.25) is 0 Å². The maximum atomic E-state index is 11.2. The van der Waals surface area contributed by atoms with Gasteiger partial charge in [0.15, 0.2) is 0 Å². The normalized spacial score (nSPS) is 11.9. The topological polar surface area (TPSA) is 55.8 Å². The predicted octanol–water partition coefficient (Wildman–Crippen LogP) is 5.56. The average Bonchev–Trinajstić information content (AvgIpc) is 2.57. The second-order valence-electron chi connectivity index (χ2n) is 8.64. The molecule has 0 aliphatic heterocycles. The molecule has 4 heteroatoms. The lowest BCUT2D eigenvalue weighted by Gasteiger charge is -2.33. The maximum absolute atomic E-state index is 11.2. The van der Waals surface area contributed by atoms with E-state index in [1.54, 1.807) is 18.2 Å². The number of rotatable bonds is 8. The summed E-state index contributed by atoms with van der Waals surface area (Å²) in [6, 6.07) is 14.8. The highest BCUT2D eigenvalue weighted by atomic mass is 16.5. The Morgan fingerprint density at radius 2 is 1.48 bits per heavy atom. The molecule has 0 radical (unpaired) electrons. The summed E-state index contributed by atoms with van der Waals surface area (Å²) in [4.78, 5) is 11.2. The van der Waals surface area contributed by atoms with Crippen molar-refractivity contribution in [2.75, 3.05) is 13.2 Å². The molecule has 0 aliphatic rings. The van der Waals surface area contributed by atoms with Crippen molar-refractivity contribution in [1.29, 1.82) is 0 Å². The van der Waals surface area contributed by atoms with Crippen molar-refractivity contribution in [3.05, 3.63) is 59.7 Å². The fraction of sp³-hybridized carbons (Fsp3) is 0.435. The number of hydrogen-bond donors (Lipinski definition) is 1. The molecule has 0 aromatic heterocycles. The Kier molecular flexibility index (Phi) is 6.53. The zero-order chi connectivity index (χ0) is 20.1. The van der Waals surface area contributed by atoms with Gasteiger partial charge in [-0.15, -0.1) is 0 Å². The summed E-state index contributed by atoms with van der Waals surface area (Å²) < 4.78 is 11.3. The number of aromatic carboxylic acids is 1. The SMILES string of the molecule is CC(C)(C)CC(C)(C)c1ccc(OCCOc2ccccc2C(=O)O)cc1. The van der Waals surface area contributed by atoms with Crippen LogP contribution in [0.15, 0.2) is 48.5 Å². The third-order valence-electron chi connectivity index (χ3n) is 4.34. The Labute approximate surface area is 162 Å². The summed E-state index contributed by atoms with van der Waals surface area (Å²) in [5.41, 5.74) is 1.81. The maximum Gasteiger partial charge on any atom is 0.339 e. The molecular formula is C23H30O4. The molecule has 0 fully saturated rings. The first-order valence-corrected chi connectivity index (χ1v) is 9.27. The van der Waals surface area contributed by atoms with E-state index in [4.69, 9.17) is 14.6 Å². The van der Waals surface area contributed by atoms with Gasteiger partial charge in [-0.1, -0.05) is 58.9 Å². The van der Waals surface area contributed by atoms with Crippen LogP contribution in [0.5, 0.6) is 11.5 Å². The Morgan fingerprint density at radius 1 is 0.889 bits per heavy atom. The minimum atomic E-state index is -1.00. The highest BCUT2D eigenvalue weighted by Gasteiger charge is 2.27. The largest absolute Gasteiger partial charge is 0.490 e. The van der Waals surface area contributed by atoms with E-state index in [0.29, 0.717) is 12.4 Å². The van der Waals surface area contributed by atoms with Crippen molar-refractivity contribution in [3.63, 3.8) is 0 Å². The number of hydrogen-bond acceptors (Lipinski definition) is 3. The van der Waals surface area contributed by atoms with Crippen molar-refractivity contribution in [2.45, 2.75) is 46.5 Å². The van der Waals surface area contributed by atoms with Gasteiger partial charge in [0.2, 0.25) is 0 Å². The van der Waals surface area contributed by atoms with Crippen LogP contribution in [-0.2, 0) is 5.41 Å². The minimum absolute atomic E-state index is 0.0977. The quantitative estimate of drug-likeness (QED) is 0.618. The summed E-state index contributed by atoms with van der Waals surface area (Å²) in [7, 11) is 0. The van der Waals surface area contributed by atoms with Crippen LogP contribution in [0.25, 0.3) is 0 Å². The number of carbonyl (C=O) groups is 1. The molecule has 0 aliphatic carbocycles. The zero-order valence-corrected chi connectivity index (χ0v) is 16.9. The van der Waals surface area contributed by atoms with Crippen molar-refractivity contribution < 1.29 is 19.4 Å². The van der Waals surface area contributed by atoms with Gasteiger partial charge in [-0.05, 0) is 47.1 Å². The lowest BCUT2D eigenvalue weighted by Crippen LogP contribution is -2.24. The van der Waals surface area contributed by atoms with Gasteiger partial charge >= 0.3 is 5.97 Å². The smallest absolute Gasteiger partial charge is 0.339 e. The average molecular weight is 370 g/mol. The van der Waals surface area contributed by atoms with Crippen LogP contribution >= 0.6 is 0 Å². The van der Waals surface area contributed by atoms with Gasteiger partial charge in [0.25, 0.3) is 0 Å². The number of para-hydroxylation sites is 1. The zero-order valence-electron chi connectivity index (χ0n) is 16.9. The molecule has 0 saturated heterocycles.